The van der Waals surface area contributed by atoms with Gasteiger partial charge in [0, 0.05) is 43.0 Å². The summed E-state index contributed by atoms with van der Waals surface area (Å²) in [4.78, 5) is 14.7. The fourth-order valence-corrected chi connectivity index (χ4v) is 7.92. The molecule has 14 heteroatoms. The van der Waals surface area contributed by atoms with Crippen LogP contribution >= 0.6 is 0 Å². The van der Waals surface area contributed by atoms with Crippen molar-refractivity contribution in [3.63, 3.8) is 0 Å². The lowest BCUT2D eigenvalue weighted by Gasteiger charge is -2.39. The summed E-state index contributed by atoms with van der Waals surface area (Å²) in [6, 6.07) is 8.55. The number of carbonyl (C=O) groups is 1. The van der Waals surface area contributed by atoms with Gasteiger partial charge in [0.2, 0.25) is 5.91 Å². The Morgan fingerprint density at radius 3 is 2.67 bits per heavy atom. The molecule has 2 aromatic carbocycles. The molecular weight excluding hydrogens is 609 g/mol. The third-order valence-electron chi connectivity index (χ3n) is 8.70. The van der Waals surface area contributed by atoms with Gasteiger partial charge >= 0.3 is 6.18 Å². The summed E-state index contributed by atoms with van der Waals surface area (Å²) >= 11 is 0. The maximum Gasteiger partial charge on any atom is 0.416 e. The van der Waals surface area contributed by atoms with E-state index in [1.54, 1.807) is 10.9 Å². The number of halogens is 3. The molecule has 0 bridgehead atoms. The molecular formula is C31H35F3N6O4S. The molecule has 3 aromatic rings. The first-order valence-electron chi connectivity index (χ1n) is 14.8. The molecule has 240 valence electrons. The van der Waals surface area contributed by atoms with Crippen molar-refractivity contribution in [3.05, 3.63) is 83.4 Å². The summed E-state index contributed by atoms with van der Waals surface area (Å²) in [5.74, 6) is 0.139. The Labute approximate surface area is 259 Å². The Hall–Kier alpha value is -3.91. The molecule has 0 radical (unpaired) electrons. The SMILES string of the molecule is CN1CCCCC1c1ccc2c(c1)OC(C)(C)CC2n1cc(CC2C(=O)NC=CN2S(=O)(=O)c2cccc(C(F)(F)F)c2)nn1. The Morgan fingerprint density at radius 2 is 1.91 bits per heavy atom. The van der Waals surface area contributed by atoms with Crippen molar-refractivity contribution in [2.24, 2.45) is 0 Å². The molecule has 3 aliphatic heterocycles. The second-order valence-electron chi connectivity index (χ2n) is 12.5. The minimum absolute atomic E-state index is 0.152. The first-order valence-corrected chi connectivity index (χ1v) is 16.3. The van der Waals surface area contributed by atoms with Gasteiger partial charge < -0.3 is 10.1 Å². The van der Waals surface area contributed by atoms with Crippen LogP contribution in [0.3, 0.4) is 0 Å². The first kappa shape index (κ1) is 31.1. The predicted molar refractivity (Wildman–Crippen MR) is 158 cm³/mol. The monoisotopic (exact) mass is 644 g/mol. The minimum atomic E-state index is -4.73. The van der Waals surface area contributed by atoms with Gasteiger partial charge in [-0.1, -0.05) is 29.8 Å². The number of sulfonamides is 1. The van der Waals surface area contributed by atoms with Crippen molar-refractivity contribution in [2.45, 2.75) is 80.7 Å². The van der Waals surface area contributed by atoms with Crippen LogP contribution in [0.4, 0.5) is 13.2 Å². The van der Waals surface area contributed by atoms with Gasteiger partial charge in [0.15, 0.2) is 0 Å². The summed E-state index contributed by atoms with van der Waals surface area (Å²) in [6.07, 6.45) is 3.10. The Morgan fingerprint density at radius 1 is 1.11 bits per heavy atom. The maximum absolute atomic E-state index is 13.5. The van der Waals surface area contributed by atoms with Crippen molar-refractivity contribution in [3.8, 4) is 5.75 Å². The summed E-state index contributed by atoms with van der Waals surface area (Å²) < 4.78 is 75.9. The molecule has 1 saturated heterocycles. The van der Waals surface area contributed by atoms with E-state index < -0.39 is 44.2 Å². The highest BCUT2D eigenvalue weighted by molar-refractivity contribution is 7.89. The van der Waals surface area contributed by atoms with Gasteiger partial charge in [0.1, 0.15) is 17.4 Å². The van der Waals surface area contributed by atoms with Gasteiger partial charge in [0.05, 0.1) is 22.2 Å². The van der Waals surface area contributed by atoms with E-state index in [-0.39, 0.29) is 12.5 Å². The van der Waals surface area contributed by atoms with E-state index in [1.165, 1.54) is 18.4 Å². The Kier molecular flexibility index (Phi) is 7.92. The summed E-state index contributed by atoms with van der Waals surface area (Å²) in [7, 11) is -2.38. The minimum Gasteiger partial charge on any atom is -0.487 e. The predicted octanol–water partition coefficient (Wildman–Crippen LogP) is 4.81. The topological polar surface area (TPSA) is 110 Å². The van der Waals surface area contributed by atoms with Gasteiger partial charge in [-0.05, 0) is 70.1 Å². The first-order chi connectivity index (χ1) is 21.2. The third-order valence-corrected chi connectivity index (χ3v) is 10.5. The average molecular weight is 645 g/mol. The quantitative estimate of drug-likeness (QED) is 0.411. The normalized spacial score (nSPS) is 23.7. The number of amides is 1. The smallest absolute Gasteiger partial charge is 0.416 e. The molecule has 45 heavy (non-hydrogen) atoms. The summed E-state index contributed by atoms with van der Waals surface area (Å²) in [5, 5.41) is 11.1. The van der Waals surface area contributed by atoms with Crippen LogP contribution in [0.1, 0.15) is 74.0 Å². The maximum atomic E-state index is 13.5. The van der Waals surface area contributed by atoms with E-state index in [0.29, 0.717) is 24.2 Å². The van der Waals surface area contributed by atoms with E-state index in [0.717, 1.165) is 59.2 Å². The molecule has 0 saturated carbocycles. The van der Waals surface area contributed by atoms with Crippen LogP contribution < -0.4 is 10.1 Å². The van der Waals surface area contributed by atoms with Crippen molar-refractivity contribution in [2.75, 3.05) is 13.6 Å². The molecule has 1 N–H and O–H groups in total. The van der Waals surface area contributed by atoms with Crippen molar-refractivity contribution < 1.29 is 31.1 Å². The highest BCUT2D eigenvalue weighted by Crippen LogP contribution is 2.43. The summed E-state index contributed by atoms with van der Waals surface area (Å²) in [5.41, 5.74) is 0.877. The number of benzene rings is 2. The molecule has 0 aliphatic carbocycles. The standard InChI is InChI=1S/C31H35F3N6O4S/c1-30(2)18-27(24-11-10-20(15-28(24)44-30)25-9-4-5-13-38(25)3)39-19-22(36-37-39)17-26-29(41)35-12-14-40(26)45(42,43)23-8-6-7-21(16-23)31(32,33)34/h6-8,10-12,14-16,19,25-27H,4-5,9,13,17-18H2,1-3H3,(H,35,41). The number of piperidine rings is 1. The number of hydrogen-bond acceptors (Lipinski definition) is 7. The zero-order valence-corrected chi connectivity index (χ0v) is 26.0. The second kappa shape index (κ2) is 11.5. The highest BCUT2D eigenvalue weighted by atomic mass is 32.2. The largest absolute Gasteiger partial charge is 0.487 e. The molecule has 0 spiro atoms. The molecule has 1 amide bonds. The van der Waals surface area contributed by atoms with Crippen LogP contribution in [-0.4, -0.2) is 63.8 Å². The fraction of sp³-hybridized carbons (Fsp3) is 0.452. The number of alkyl halides is 3. The molecule has 6 rings (SSSR count). The van der Waals surface area contributed by atoms with Crippen LogP contribution in [0.5, 0.6) is 5.75 Å². The number of ether oxygens (including phenoxy) is 1. The number of carbonyl (C=O) groups excluding carboxylic acids is 1. The number of aromatic nitrogens is 3. The summed E-state index contributed by atoms with van der Waals surface area (Å²) in [6.45, 7) is 5.07. The van der Waals surface area contributed by atoms with Crippen molar-refractivity contribution >= 4 is 15.9 Å². The van der Waals surface area contributed by atoms with Crippen LogP contribution in [0, 0.1) is 0 Å². The van der Waals surface area contributed by atoms with Gasteiger partial charge in [-0.15, -0.1) is 5.10 Å². The Bertz CT molecular complexity index is 1740. The van der Waals surface area contributed by atoms with E-state index in [1.807, 2.05) is 13.8 Å². The molecule has 3 unspecified atom stereocenters. The lowest BCUT2D eigenvalue weighted by molar-refractivity contribution is -0.137. The van der Waals surface area contributed by atoms with E-state index in [4.69, 9.17) is 4.74 Å². The number of hydrogen-bond donors (Lipinski definition) is 1. The Balaban J connectivity index is 1.27. The third kappa shape index (κ3) is 6.17. The van der Waals surface area contributed by atoms with Gasteiger partial charge in [0.25, 0.3) is 10.0 Å². The van der Waals surface area contributed by atoms with E-state index in [9.17, 15) is 26.4 Å². The van der Waals surface area contributed by atoms with Crippen LogP contribution in [0.25, 0.3) is 0 Å². The van der Waals surface area contributed by atoms with Gasteiger partial charge in [-0.25, -0.2) is 13.1 Å². The lowest BCUT2D eigenvalue weighted by Crippen LogP contribution is -2.50. The lowest BCUT2D eigenvalue weighted by atomic mass is 9.87. The van der Waals surface area contributed by atoms with E-state index in [2.05, 4.69) is 45.8 Å². The van der Waals surface area contributed by atoms with E-state index >= 15 is 0 Å². The van der Waals surface area contributed by atoms with Crippen LogP contribution in [0.2, 0.25) is 0 Å². The number of rotatable bonds is 6. The zero-order chi connectivity index (χ0) is 32.1. The fourth-order valence-electron chi connectivity index (χ4n) is 6.42. The number of nitrogens with one attached hydrogen (secondary N) is 1. The zero-order valence-electron chi connectivity index (χ0n) is 25.2. The second-order valence-corrected chi connectivity index (χ2v) is 14.3. The average Bonchev–Trinajstić information content (AvgIpc) is 3.45. The van der Waals surface area contributed by atoms with Crippen LogP contribution in [0.15, 0.2) is 66.0 Å². The van der Waals surface area contributed by atoms with Crippen LogP contribution in [-0.2, 0) is 27.4 Å². The number of nitrogens with zero attached hydrogens (tertiary/aromatic N) is 5. The van der Waals surface area contributed by atoms with Gasteiger partial charge in [-0.3, -0.25) is 14.0 Å². The van der Waals surface area contributed by atoms with Crippen molar-refractivity contribution in [1.82, 2.24) is 29.5 Å². The van der Waals surface area contributed by atoms with Gasteiger partial charge in [-0.2, -0.15) is 13.2 Å². The molecule has 4 heterocycles. The molecule has 3 atom stereocenters. The molecule has 3 aliphatic rings. The molecule has 1 aromatic heterocycles. The van der Waals surface area contributed by atoms with Crippen molar-refractivity contribution in [1.29, 1.82) is 0 Å². The molecule has 10 nitrogen and oxygen atoms in total. The molecule has 1 fully saturated rings. The number of fused-ring (bicyclic) bond motifs is 1. The highest BCUT2D eigenvalue weighted by Gasteiger charge is 2.40. The number of likely N-dealkylation sites (tertiary alicyclic amines) is 1.